The maximum absolute atomic E-state index is 13.0. The molecule has 0 atom stereocenters. The van der Waals surface area contributed by atoms with E-state index in [4.69, 9.17) is 9.47 Å². The number of hydrogen-bond acceptors (Lipinski definition) is 5. The molecule has 0 aliphatic carbocycles. The van der Waals surface area contributed by atoms with Gasteiger partial charge in [-0.15, -0.1) is 0 Å². The summed E-state index contributed by atoms with van der Waals surface area (Å²) in [4.78, 5) is 12.5. The van der Waals surface area contributed by atoms with Gasteiger partial charge in [0.15, 0.2) is 0 Å². The quantitative estimate of drug-likeness (QED) is 0.727. The number of aryl methyl sites for hydroxylation is 3. The molecular formula is C22H28N2O5S. The van der Waals surface area contributed by atoms with Gasteiger partial charge in [-0.1, -0.05) is 12.1 Å². The van der Waals surface area contributed by atoms with Crippen molar-refractivity contribution in [3.8, 4) is 5.75 Å². The van der Waals surface area contributed by atoms with Crippen molar-refractivity contribution in [1.29, 1.82) is 0 Å². The summed E-state index contributed by atoms with van der Waals surface area (Å²) in [5, 5.41) is 2.77. The van der Waals surface area contributed by atoms with Gasteiger partial charge < -0.3 is 14.8 Å². The lowest BCUT2D eigenvalue weighted by molar-refractivity contribution is -0.116. The predicted octanol–water partition coefficient (Wildman–Crippen LogP) is 3.04. The van der Waals surface area contributed by atoms with Gasteiger partial charge in [0.1, 0.15) is 5.75 Å². The Morgan fingerprint density at radius 1 is 1.07 bits per heavy atom. The molecule has 0 bridgehead atoms. The van der Waals surface area contributed by atoms with Crippen LogP contribution < -0.4 is 10.1 Å². The van der Waals surface area contributed by atoms with Crippen LogP contribution in [0.5, 0.6) is 5.75 Å². The topological polar surface area (TPSA) is 84.9 Å². The molecule has 8 heteroatoms. The summed E-state index contributed by atoms with van der Waals surface area (Å²) in [5.41, 5.74) is 3.28. The third-order valence-corrected chi connectivity index (χ3v) is 6.89. The average Bonchev–Trinajstić information content (AvgIpc) is 2.69. The molecule has 1 heterocycles. The zero-order chi connectivity index (χ0) is 21.7. The Morgan fingerprint density at radius 2 is 1.73 bits per heavy atom. The maximum Gasteiger partial charge on any atom is 0.243 e. The molecule has 0 spiro atoms. The number of nitrogens with zero attached hydrogens (tertiary/aromatic N) is 1. The van der Waals surface area contributed by atoms with Crippen molar-refractivity contribution < 1.29 is 22.7 Å². The summed E-state index contributed by atoms with van der Waals surface area (Å²) in [6.07, 6.45) is 0.159. The Bertz CT molecular complexity index is 994. The smallest absolute Gasteiger partial charge is 0.243 e. The summed E-state index contributed by atoms with van der Waals surface area (Å²) in [6.45, 7) is 7.39. The Hall–Kier alpha value is -2.42. The molecule has 1 aliphatic rings. The predicted molar refractivity (Wildman–Crippen MR) is 115 cm³/mol. The highest BCUT2D eigenvalue weighted by Crippen LogP contribution is 2.24. The maximum atomic E-state index is 13.0. The number of benzene rings is 2. The van der Waals surface area contributed by atoms with Crippen LogP contribution >= 0.6 is 0 Å². The standard InChI is InChI=1S/C22H28N2O5S/c1-16-12-17(2)14-20(13-16)29-9-6-22(25)23-19-5-4-18(3)21(15-19)30(26,27)24-7-10-28-11-8-24/h4-5,12-15H,6-11H2,1-3H3,(H,23,25). The number of nitrogens with one attached hydrogen (secondary N) is 1. The lowest BCUT2D eigenvalue weighted by Crippen LogP contribution is -2.40. The number of sulfonamides is 1. The molecule has 2 aromatic rings. The Kier molecular flexibility index (Phi) is 7.12. The molecule has 1 fully saturated rings. The third-order valence-electron chi connectivity index (χ3n) is 4.85. The van der Waals surface area contributed by atoms with Crippen LogP contribution in [0.1, 0.15) is 23.1 Å². The van der Waals surface area contributed by atoms with E-state index in [-0.39, 0.29) is 23.8 Å². The molecule has 2 aromatic carbocycles. The Labute approximate surface area is 178 Å². The summed E-state index contributed by atoms with van der Waals surface area (Å²) in [7, 11) is -3.63. The van der Waals surface area contributed by atoms with Gasteiger partial charge in [-0.25, -0.2) is 8.42 Å². The number of rotatable bonds is 7. The van der Waals surface area contributed by atoms with E-state index >= 15 is 0 Å². The molecule has 162 valence electrons. The lowest BCUT2D eigenvalue weighted by atomic mass is 10.1. The van der Waals surface area contributed by atoms with Crippen molar-refractivity contribution in [3.63, 3.8) is 0 Å². The number of morpholine rings is 1. The van der Waals surface area contributed by atoms with E-state index in [1.165, 1.54) is 10.4 Å². The minimum atomic E-state index is -3.63. The molecule has 0 saturated carbocycles. The van der Waals surface area contributed by atoms with E-state index in [1.54, 1.807) is 19.1 Å². The van der Waals surface area contributed by atoms with Crippen LogP contribution in [-0.2, 0) is 19.6 Å². The van der Waals surface area contributed by atoms with E-state index in [1.807, 2.05) is 26.0 Å². The van der Waals surface area contributed by atoms with Crippen molar-refractivity contribution in [2.24, 2.45) is 0 Å². The summed E-state index contributed by atoms with van der Waals surface area (Å²) < 4.78 is 38.3. The Morgan fingerprint density at radius 3 is 2.40 bits per heavy atom. The minimum Gasteiger partial charge on any atom is -0.493 e. The van der Waals surface area contributed by atoms with Gasteiger partial charge in [0.05, 0.1) is 31.1 Å². The van der Waals surface area contributed by atoms with Crippen molar-refractivity contribution in [1.82, 2.24) is 4.31 Å². The first kappa shape index (κ1) is 22.3. The normalized spacial score (nSPS) is 15.0. The molecule has 1 saturated heterocycles. The number of amides is 1. The zero-order valence-electron chi connectivity index (χ0n) is 17.6. The minimum absolute atomic E-state index is 0.159. The molecular weight excluding hydrogens is 404 g/mol. The van der Waals surface area contributed by atoms with Crippen LogP contribution in [0.25, 0.3) is 0 Å². The summed E-state index contributed by atoms with van der Waals surface area (Å²) in [6, 6.07) is 10.8. The first-order chi connectivity index (χ1) is 14.3. The molecule has 1 aliphatic heterocycles. The van der Waals surface area contributed by atoms with Crippen LogP contribution in [0, 0.1) is 20.8 Å². The van der Waals surface area contributed by atoms with E-state index in [0.717, 1.165) is 16.9 Å². The van der Waals surface area contributed by atoms with Gasteiger partial charge in [-0.3, -0.25) is 4.79 Å². The van der Waals surface area contributed by atoms with Crippen LogP contribution in [0.4, 0.5) is 5.69 Å². The highest BCUT2D eigenvalue weighted by Gasteiger charge is 2.28. The number of carbonyl (C=O) groups is 1. The molecule has 0 aromatic heterocycles. The highest BCUT2D eigenvalue weighted by atomic mass is 32.2. The van der Waals surface area contributed by atoms with Gasteiger partial charge in [-0.05, 0) is 61.7 Å². The van der Waals surface area contributed by atoms with Gasteiger partial charge in [0, 0.05) is 18.8 Å². The van der Waals surface area contributed by atoms with Gasteiger partial charge in [0.2, 0.25) is 15.9 Å². The fourth-order valence-electron chi connectivity index (χ4n) is 3.38. The van der Waals surface area contributed by atoms with Crippen molar-refractivity contribution in [2.45, 2.75) is 32.1 Å². The molecule has 7 nitrogen and oxygen atoms in total. The SMILES string of the molecule is Cc1cc(C)cc(OCCC(=O)Nc2ccc(C)c(S(=O)(=O)N3CCOCC3)c2)c1. The monoisotopic (exact) mass is 432 g/mol. The average molecular weight is 433 g/mol. The summed E-state index contributed by atoms with van der Waals surface area (Å²) >= 11 is 0. The molecule has 30 heavy (non-hydrogen) atoms. The first-order valence-corrected chi connectivity index (χ1v) is 11.4. The van der Waals surface area contributed by atoms with Crippen LogP contribution in [0.2, 0.25) is 0 Å². The molecule has 0 unspecified atom stereocenters. The summed E-state index contributed by atoms with van der Waals surface area (Å²) in [5.74, 6) is 0.493. The molecule has 1 amide bonds. The fraction of sp³-hybridized carbons (Fsp3) is 0.409. The van der Waals surface area contributed by atoms with Gasteiger partial charge >= 0.3 is 0 Å². The van der Waals surface area contributed by atoms with Crippen LogP contribution in [0.3, 0.4) is 0 Å². The van der Waals surface area contributed by atoms with Crippen LogP contribution in [0.15, 0.2) is 41.3 Å². The third kappa shape index (κ3) is 5.59. The van der Waals surface area contributed by atoms with E-state index < -0.39 is 10.0 Å². The second kappa shape index (κ2) is 9.59. The number of anilines is 1. The second-order valence-corrected chi connectivity index (χ2v) is 9.37. The van der Waals surface area contributed by atoms with Crippen molar-refractivity contribution >= 4 is 21.6 Å². The number of hydrogen-bond donors (Lipinski definition) is 1. The van der Waals surface area contributed by atoms with Gasteiger partial charge in [-0.2, -0.15) is 4.31 Å². The second-order valence-electron chi connectivity index (χ2n) is 7.47. The van der Waals surface area contributed by atoms with E-state index in [0.29, 0.717) is 37.6 Å². The zero-order valence-corrected chi connectivity index (χ0v) is 18.4. The molecule has 1 N–H and O–H groups in total. The van der Waals surface area contributed by atoms with Crippen molar-refractivity contribution in [2.75, 3.05) is 38.2 Å². The van der Waals surface area contributed by atoms with Gasteiger partial charge in [0.25, 0.3) is 0 Å². The Balaban J connectivity index is 1.62. The van der Waals surface area contributed by atoms with Crippen molar-refractivity contribution in [3.05, 3.63) is 53.1 Å². The largest absolute Gasteiger partial charge is 0.493 e. The van der Waals surface area contributed by atoms with E-state index in [9.17, 15) is 13.2 Å². The highest BCUT2D eigenvalue weighted by molar-refractivity contribution is 7.89. The lowest BCUT2D eigenvalue weighted by Gasteiger charge is -2.26. The first-order valence-electron chi connectivity index (χ1n) is 9.95. The van der Waals surface area contributed by atoms with Crippen LogP contribution in [-0.4, -0.2) is 51.5 Å². The number of ether oxygens (including phenoxy) is 2. The number of carbonyl (C=O) groups excluding carboxylic acids is 1. The molecule has 0 radical (unpaired) electrons. The fourth-order valence-corrected chi connectivity index (χ4v) is 5.04. The van der Waals surface area contributed by atoms with E-state index in [2.05, 4.69) is 11.4 Å². The molecule has 3 rings (SSSR count).